The summed E-state index contributed by atoms with van der Waals surface area (Å²) in [5, 5.41) is 5.13. The molecule has 34 heavy (non-hydrogen) atoms. The molecule has 3 aromatic rings. The number of hydrogen-bond donors (Lipinski definition) is 0. The summed E-state index contributed by atoms with van der Waals surface area (Å²) in [6.45, 7) is 2.72. The lowest BCUT2D eigenvalue weighted by Crippen LogP contribution is -2.42. The molecule has 1 amide bonds. The molecule has 0 unspecified atom stereocenters. The van der Waals surface area contributed by atoms with Crippen molar-refractivity contribution in [3.05, 3.63) is 101 Å². The van der Waals surface area contributed by atoms with Crippen molar-refractivity contribution in [3.63, 3.8) is 0 Å². The lowest BCUT2D eigenvalue weighted by atomic mass is 10.0. The van der Waals surface area contributed by atoms with Gasteiger partial charge in [-0.25, -0.2) is 0 Å². The summed E-state index contributed by atoms with van der Waals surface area (Å²) in [5.74, 6) is 0.598. The number of nitrogens with zero attached hydrogens (tertiary/aromatic N) is 2. The van der Waals surface area contributed by atoms with Crippen LogP contribution in [0.4, 0.5) is 0 Å². The Bertz CT molecular complexity index is 1080. The van der Waals surface area contributed by atoms with Crippen LogP contribution in [0.1, 0.15) is 16.7 Å². The van der Waals surface area contributed by atoms with Gasteiger partial charge in [0.25, 0.3) is 5.91 Å². The molecule has 0 atom stereocenters. The molecule has 4 rings (SSSR count). The Balaban J connectivity index is 1.41. The van der Waals surface area contributed by atoms with Gasteiger partial charge in [0.15, 0.2) is 6.61 Å². The maximum absolute atomic E-state index is 12.3. The summed E-state index contributed by atoms with van der Waals surface area (Å²) in [7, 11) is 0. The van der Waals surface area contributed by atoms with Crippen LogP contribution < -0.4 is 4.74 Å². The van der Waals surface area contributed by atoms with Crippen LogP contribution in [0.25, 0.3) is 0 Å². The molecule has 0 spiro atoms. The second kappa shape index (κ2) is 12.2. The average molecular weight is 479 g/mol. The molecule has 7 heteroatoms. The number of rotatable bonds is 9. The minimum atomic E-state index is -0.0331. The highest BCUT2D eigenvalue weighted by molar-refractivity contribution is 6.30. The van der Waals surface area contributed by atoms with Crippen LogP contribution in [-0.4, -0.2) is 49.4 Å². The van der Waals surface area contributed by atoms with Crippen LogP contribution in [-0.2, 0) is 27.4 Å². The first-order valence-electron chi connectivity index (χ1n) is 11.2. The summed E-state index contributed by atoms with van der Waals surface area (Å²) in [6.07, 6.45) is 0.622. The van der Waals surface area contributed by atoms with Crippen LogP contribution in [0.15, 0.2) is 84.0 Å². The van der Waals surface area contributed by atoms with Crippen LogP contribution in [0.2, 0.25) is 5.02 Å². The van der Waals surface area contributed by atoms with Crippen molar-refractivity contribution in [2.45, 2.75) is 13.0 Å². The second-order valence-electron chi connectivity index (χ2n) is 7.91. The highest BCUT2D eigenvalue weighted by atomic mass is 35.5. The Morgan fingerprint density at radius 2 is 1.62 bits per heavy atom. The number of amides is 1. The van der Waals surface area contributed by atoms with E-state index in [0.29, 0.717) is 50.1 Å². The third-order valence-electron chi connectivity index (χ3n) is 5.45. The first kappa shape index (κ1) is 23.8. The number of oxime groups is 1. The van der Waals surface area contributed by atoms with E-state index in [4.69, 9.17) is 25.9 Å². The fourth-order valence-electron chi connectivity index (χ4n) is 3.53. The molecule has 0 saturated carbocycles. The van der Waals surface area contributed by atoms with Crippen molar-refractivity contribution in [2.24, 2.45) is 5.16 Å². The number of hydrogen-bond acceptors (Lipinski definition) is 5. The summed E-state index contributed by atoms with van der Waals surface area (Å²) in [6, 6.07) is 25.2. The van der Waals surface area contributed by atoms with Crippen LogP contribution in [0.3, 0.4) is 0 Å². The topological polar surface area (TPSA) is 60.4 Å². The van der Waals surface area contributed by atoms with Gasteiger partial charge in [0.05, 0.1) is 18.9 Å². The van der Waals surface area contributed by atoms with Crippen LogP contribution >= 0.6 is 11.6 Å². The molecule has 0 radical (unpaired) electrons. The molecular formula is C27H27ClN2O4. The fraction of sp³-hybridized carbons (Fsp3) is 0.259. The second-order valence-corrected chi connectivity index (χ2v) is 8.34. The molecule has 6 nitrogen and oxygen atoms in total. The Labute approximate surface area is 204 Å². The smallest absolute Gasteiger partial charge is 0.260 e. The summed E-state index contributed by atoms with van der Waals surface area (Å²) < 4.78 is 11.0. The van der Waals surface area contributed by atoms with Gasteiger partial charge in [-0.05, 0) is 53.1 Å². The number of carbonyl (C=O) groups excluding carboxylic acids is 1. The first-order valence-corrected chi connectivity index (χ1v) is 11.6. The number of carbonyl (C=O) groups is 1. The minimum absolute atomic E-state index is 0.00844. The number of ether oxygens (including phenoxy) is 2. The van der Waals surface area contributed by atoms with Crippen LogP contribution in [0, 0.1) is 0 Å². The predicted octanol–water partition coefficient (Wildman–Crippen LogP) is 4.74. The fourth-order valence-corrected chi connectivity index (χ4v) is 3.66. The average Bonchev–Trinajstić information content (AvgIpc) is 2.89. The summed E-state index contributed by atoms with van der Waals surface area (Å²) in [4.78, 5) is 19.7. The summed E-state index contributed by atoms with van der Waals surface area (Å²) >= 11 is 5.95. The van der Waals surface area contributed by atoms with Gasteiger partial charge in [-0.15, -0.1) is 0 Å². The highest BCUT2D eigenvalue weighted by Gasteiger charge is 2.17. The third kappa shape index (κ3) is 7.07. The Hall–Kier alpha value is -3.35. The minimum Gasteiger partial charge on any atom is -0.484 e. The molecule has 176 valence electrons. The number of morpholine rings is 1. The van der Waals surface area contributed by atoms with E-state index in [2.05, 4.69) is 17.3 Å². The molecule has 3 aromatic carbocycles. The lowest BCUT2D eigenvalue weighted by molar-refractivity contribution is -0.137. The van der Waals surface area contributed by atoms with Crippen molar-refractivity contribution >= 4 is 23.2 Å². The monoisotopic (exact) mass is 478 g/mol. The zero-order chi connectivity index (χ0) is 23.6. The van der Waals surface area contributed by atoms with E-state index in [0.717, 1.165) is 22.4 Å². The maximum Gasteiger partial charge on any atom is 0.260 e. The van der Waals surface area contributed by atoms with Crippen molar-refractivity contribution in [3.8, 4) is 5.75 Å². The van der Waals surface area contributed by atoms with Gasteiger partial charge >= 0.3 is 0 Å². The van der Waals surface area contributed by atoms with E-state index < -0.39 is 0 Å². The van der Waals surface area contributed by atoms with E-state index in [1.54, 1.807) is 4.90 Å². The van der Waals surface area contributed by atoms with Gasteiger partial charge < -0.3 is 19.2 Å². The Morgan fingerprint density at radius 1 is 0.912 bits per heavy atom. The lowest BCUT2D eigenvalue weighted by Gasteiger charge is -2.26. The Kier molecular flexibility index (Phi) is 8.54. The number of halogens is 1. The molecule has 1 aliphatic heterocycles. The SMILES string of the molecule is O=C(COc1ccc(C(Cc2ccccc2)=NOCc2ccc(Cl)cc2)cc1)N1CCOCC1. The Morgan fingerprint density at radius 3 is 2.32 bits per heavy atom. The van der Waals surface area contributed by atoms with E-state index >= 15 is 0 Å². The van der Waals surface area contributed by atoms with Crippen molar-refractivity contribution < 1.29 is 19.1 Å². The van der Waals surface area contributed by atoms with E-state index in [-0.39, 0.29) is 12.5 Å². The summed E-state index contributed by atoms with van der Waals surface area (Å²) in [5.41, 5.74) is 3.84. The largest absolute Gasteiger partial charge is 0.484 e. The quantitative estimate of drug-likeness (QED) is 0.329. The van der Waals surface area contributed by atoms with Gasteiger partial charge in [0, 0.05) is 24.5 Å². The van der Waals surface area contributed by atoms with E-state index in [1.807, 2.05) is 66.7 Å². The zero-order valence-electron chi connectivity index (χ0n) is 18.9. The molecule has 0 aromatic heterocycles. The molecule has 0 aliphatic carbocycles. The molecule has 1 heterocycles. The van der Waals surface area contributed by atoms with Crippen molar-refractivity contribution in [1.82, 2.24) is 4.90 Å². The van der Waals surface area contributed by atoms with Crippen molar-refractivity contribution in [2.75, 3.05) is 32.9 Å². The normalized spacial score (nSPS) is 14.0. The van der Waals surface area contributed by atoms with Gasteiger partial charge in [0.2, 0.25) is 0 Å². The van der Waals surface area contributed by atoms with Crippen LogP contribution in [0.5, 0.6) is 5.75 Å². The zero-order valence-corrected chi connectivity index (χ0v) is 19.6. The van der Waals surface area contributed by atoms with E-state index in [9.17, 15) is 4.79 Å². The van der Waals surface area contributed by atoms with Gasteiger partial charge in [-0.2, -0.15) is 0 Å². The van der Waals surface area contributed by atoms with Gasteiger partial charge in [-0.1, -0.05) is 59.2 Å². The molecule has 0 bridgehead atoms. The highest BCUT2D eigenvalue weighted by Crippen LogP contribution is 2.17. The van der Waals surface area contributed by atoms with Crippen molar-refractivity contribution in [1.29, 1.82) is 0 Å². The van der Waals surface area contributed by atoms with Gasteiger partial charge in [-0.3, -0.25) is 4.79 Å². The molecule has 1 fully saturated rings. The molecule has 0 N–H and O–H groups in total. The van der Waals surface area contributed by atoms with E-state index in [1.165, 1.54) is 0 Å². The number of benzene rings is 3. The standard InChI is InChI=1S/C27H27ClN2O4/c28-24-10-6-22(7-11-24)19-34-29-26(18-21-4-2-1-3-5-21)23-8-12-25(13-9-23)33-20-27(31)30-14-16-32-17-15-30/h1-13H,14-20H2. The maximum atomic E-state index is 12.3. The molecule has 1 aliphatic rings. The molecule has 1 saturated heterocycles. The first-order chi connectivity index (χ1) is 16.7. The predicted molar refractivity (Wildman–Crippen MR) is 132 cm³/mol. The van der Waals surface area contributed by atoms with Gasteiger partial charge in [0.1, 0.15) is 12.4 Å². The third-order valence-corrected chi connectivity index (χ3v) is 5.70. The molecular weight excluding hydrogens is 452 g/mol.